The summed E-state index contributed by atoms with van der Waals surface area (Å²) in [7, 11) is 1.56. The van der Waals surface area contributed by atoms with E-state index in [2.05, 4.69) is 0 Å². The Morgan fingerprint density at radius 1 is 1.04 bits per heavy atom. The van der Waals surface area contributed by atoms with Crippen molar-refractivity contribution in [3.8, 4) is 11.5 Å². The highest BCUT2D eigenvalue weighted by Gasteiger charge is 2.07. The Morgan fingerprint density at radius 3 is 2.56 bits per heavy atom. The number of carbonyl (C=O) groups is 1. The second kappa shape index (κ2) is 10.2. The second-order valence-corrected chi connectivity index (χ2v) is 5.12. The number of methoxy groups -OCH3 is 1. The van der Waals surface area contributed by atoms with Crippen molar-refractivity contribution < 1.29 is 23.7 Å². The van der Waals surface area contributed by atoms with Crippen molar-refractivity contribution in [2.24, 2.45) is 0 Å². The van der Waals surface area contributed by atoms with Gasteiger partial charge in [-0.3, -0.25) is 0 Å². The van der Waals surface area contributed by atoms with Gasteiger partial charge in [0, 0.05) is 13.2 Å². The molecule has 0 spiro atoms. The van der Waals surface area contributed by atoms with E-state index >= 15 is 0 Å². The van der Waals surface area contributed by atoms with Crippen molar-refractivity contribution in [2.75, 3.05) is 20.5 Å². The van der Waals surface area contributed by atoms with Crippen molar-refractivity contribution in [3.63, 3.8) is 0 Å². The van der Waals surface area contributed by atoms with Crippen molar-refractivity contribution in [1.29, 1.82) is 0 Å². The highest BCUT2D eigenvalue weighted by Crippen LogP contribution is 2.29. The van der Waals surface area contributed by atoms with Crippen LogP contribution in [0, 0.1) is 0 Å². The van der Waals surface area contributed by atoms with Crippen LogP contribution >= 0.6 is 0 Å². The van der Waals surface area contributed by atoms with E-state index in [0.29, 0.717) is 24.7 Å². The lowest BCUT2D eigenvalue weighted by molar-refractivity contribution is -0.137. The van der Waals surface area contributed by atoms with Crippen LogP contribution in [0.5, 0.6) is 11.5 Å². The lowest BCUT2D eigenvalue weighted by atomic mass is 10.2. The molecule has 0 saturated heterocycles. The first-order valence-electron chi connectivity index (χ1n) is 8.00. The number of esters is 1. The van der Waals surface area contributed by atoms with E-state index in [1.807, 2.05) is 42.5 Å². The minimum absolute atomic E-state index is 0.125. The molecule has 0 saturated carbocycles. The third-order valence-corrected chi connectivity index (χ3v) is 3.24. The fourth-order valence-corrected chi connectivity index (χ4v) is 2.07. The SMILES string of the molecule is CCOC(=O)/C=C/c1ccc(OCOC)c(OCc2ccccc2)c1. The average Bonchev–Trinajstić information content (AvgIpc) is 2.64. The molecule has 2 aromatic rings. The fourth-order valence-electron chi connectivity index (χ4n) is 2.07. The highest BCUT2D eigenvalue weighted by molar-refractivity contribution is 5.87. The molecule has 5 nitrogen and oxygen atoms in total. The maximum absolute atomic E-state index is 11.4. The number of ether oxygens (including phenoxy) is 4. The van der Waals surface area contributed by atoms with Gasteiger partial charge in [0.05, 0.1) is 6.61 Å². The van der Waals surface area contributed by atoms with E-state index in [9.17, 15) is 4.79 Å². The summed E-state index contributed by atoms with van der Waals surface area (Å²) in [5.74, 6) is 0.770. The number of hydrogen-bond donors (Lipinski definition) is 0. The van der Waals surface area contributed by atoms with Gasteiger partial charge in [-0.15, -0.1) is 0 Å². The molecule has 0 atom stereocenters. The van der Waals surface area contributed by atoms with Gasteiger partial charge in [-0.05, 0) is 36.3 Å². The van der Waals surface area contributed by atoms with Crippen LogP contribution in [-0.2, 0) is 20.9 Å². The number of benzene rings is 2. The molecule has 0 fully saturated rings. The average molecular weight is 342 g/mol. The third kappa shape index (κ3) is 6.31. The summed E-state index contributed by atoms with van der Waals surface area (Å²) in [6, 6.07) is 15.3. The number of hydrogen-bond acceptors (Lipinski definition) is 5. The molecule has 0 unspecified atom stereocenters. The van der Waals surface area contributed by atoms with Crippen LogP contribution in [0.15, 0.2) is 54.6 Å². The van der Waals surface area contributed by atoms with Gasteiger partial charge in [0.2, 0.25) is 0 Å². The summed E-state index contributed by atoms with van der Waals surface area (Å²) < 4.78 is 21.2. The zero-order valence-electron chi connectivity index (χ0n) is 14.4. The zero-order chi connectivity index (χ0) is 17.9. The fraction of sp³-hybridized carbons (Fsp3) is 0.250. The first-order valence-corrected chi connectivity index (χ1v) is 8.00. The smallest absolute Gasteiger partial charge is 0.330 e. The highest BCUT2D eigenvalue weighted by atomic mass is 16.7. The predicted molar refractivity (Wildman–Crippen MR) is 95.4 cm³/mol. The first-order chi connectivity index (χ1) is 12.2. The standard InChI is InChI=1S/C20H22O5/c1-3-23-20(21)12-10-16-9-11-18(25-15-22-2)19(13-16)24-14-17-7-5-4-6-8-17/h4-13H,3,14-15H2,1-2H3/b12-10+. The molecule has 0 bridgehead atoms. The Labute approximate surface area is 147 Å². The Hall–Kier alpha value is -2.79. The molecule has 0 amide bonds. The molecule has 2 rings (SSSR count). The molecule has 0 aliphatic heterocycles. The summed E-state index contributed by atoms with van der Waals surface area (Å²) in [5, 5.41) is 0. The molecule has 0 aliphatic rings. The Bertz CT molecular complexity index is 694. The zero-order valence-corrected chi connectivity index (χ0v) is 14.4. The van der Waals surface area contributed by atoms with E-state index in [4.69, 9.17) is 18.9 Å². The van der Waals surface area contributed by atoms with Crippen molar-refractivity contribution in [3.05, 3.63) is 65.7 Å². The van der Waals surface area contributed by atoms with Gasteiger partial charge in [0.1, 0.15) is 6.61 Å². The van der Waals surface area contributed by atoms with Gasteiger partial charge in [0.15, 0.2) is 18.3 Å². The predicted octanol–water partition coefficient (Wildman–Crippen LogP) is 3.82. The van der Waals surface area contributed by atoms with Crippen LogP contribution in [0.1, 0.15) is 18.1 Å². The molecule has 0 heterocycles. The van der Waals surface area contributed by atoms with Crippen LogP contribution in [0.2, 0.25) is 0 Å². The summed E-state index contributed by atoms with van der Waals surface area (Å²) in [6.45, 7) is 2.65. The van der Waals surface area contributed by atoms with Gasteiger partial charge in [-0.1, -0.05) is 36.4 Å². The van der Waals surface area contributed by atoms with Crippen molar-refractivity contribution >= 4 is 12.0 Å². The van der Waals surface area contributed by atoms with Crippen LogP contribution in [0.3, 0.4) is 0 Å². The van der Waals surface area contributed by atoms with E-state index < -0.39 is 0 Å². The molecule has 0 radical (unpaired) electrons. The number of rotatable bonds is 9. The van der Waals surface area contributed by atoms with Crippen LogP contribution in [0.25, 0.3) is 6.08 Å². The maximum atomic E-state index is 11.4. The third-order valence-electron chi connectivity index (χ3n) is 3.24. The molecule has 25 heavy (non-hydrogen) atoms. The summed E-state index contributed by atoms with van der Waals surface area (Å²) >= 11 is 0. The van der Waals surface area contributed by atoms with E-state index in [1.165, 1.54) is 6.08 Å². The van der Waals surface area contributed by atoms with Crippen LogP contribution in [0.4, 0.5) is 0 Å². The number of carbonyl (C=O) groups excluding carboxylic acids is 1. The normalized spacial score (nSPS) is 10.6. The topological polar surface area (TPSA) is 54.0 Å². The van der Waals surface area contributed by atoms with E-state index in [1.54, 1.807) is 26.2 Å². The molecule has 132 valence electrons. The van der Waals surface area contributed by atoms with E-state index in [0.717, 1.165) is 11.1 Å². The van der Waals surface area contributed by atoms with Gasteiger partial charge >= 0.3 is 5.97 Å². The van der Waals surface area contributed by atoms with Crippen LogP contribution in [-0.4, -0.2) is 26.5 Å². The molecule has 5 heteroatoms. The molecule has 2 aromatic carbocycles. The summed E-state index contributed by atoms with van der Waals surface area (Å²) in [4.78, 5) is 11.4. The largest absolute Gasteiger partial charge is 0.485 e. The Balaban J connectivity index is 2.14. The summed E-state index contributed by atoms with van der Waals surface area (Å²) in [6.07, 6.45) is 3.06. The lowest BCUT2D eigenvalue weighted by Crippen LogP contribution is -2.03. The lowest BCUT2D eigenvalue weighted by Gasteiger charge is -2.13. The quantitative estimate of drug-likeness (QED) is 0.394. The first kappa shape index (κ1) is 18.5. The Kier molecular flexibility index (Phi) is 7.53. The minimum Gasteiger partial charge on any atom is -0.485 e. The van der Waals surface area contributed by atoms with Crippen LogP contribution < -0.4 is 9.47 Å². The van der Waals surface area contributed by atoms with Crippen molar-refractivity contribution in [1.82, 2.24) is 0 Å². The second-order valence-electron chi connectivity index (χ2n) is 5.12. The molecule has 0 aliphatic carbocycles. The van der Waals surface area contributed by atoms with E-state index in [-0.39, 0.29) is 12.8 Å². The molecular weight excluding hydrogens is 320 g/mol. The molecule has 0 N–H and O–H groups in total. The minimum atomic E-state index is -0.381. The Morgan fingerprint density at radius 2 is 1.84 bits per heavy atom. The monoisotopic (exact) mass is 342 g/mol. The van der Waals surface area contributed by atoms with Gasteiger partial charge in [0.25, 0.3) is 0 Å². The molecular formula is C20H22O5. The van der Waals surface area contributed by atoms with Gasteiger partial charge in [-0.2, -0.15) is 0 Å². The maximum Gasteiger partial charge on any atom is 0.330 e. The molecule has 0 aromatic heterocycles. The van der Waals surface area contributed by atoms with Crippen molar-refractivity contribution in [2.45, 2.75) is 13.5 Å². The van der Waals surface area contributed by atoms with Gasteiger partial charge < -0.3 is 18.9 Å². The summed E-state index contributed by atoms with van der Waals surface area (Å²) in [5.41, 5.74) is 1.86. The van der Waals surface area contributed by atoms with Gasteiger partial charge in [-0.25, -0.2) is 4.79 Å².